The first-order valence-electron chi connectivity index (χ1n) is 7.07. The maximum absolute atomic E-state index is 13.2. The Morgan fingerprint density at radius 1 is 1.12 bits per heavy atom. The van der Waals surface area contributed by atoms with Crippen molar-refractivity contribution >= 4 is 39.1 Å². The molecule has 0 aromatic heterocycles. The molecule has 0 aliphatic carbocycles. The predicted molar refractivity (Wildman–Crippen MR) is 91.9 cm³/mol. The number of carbonyl (C=O) groups is 2. The average molecular weight is 397 g/mol. The van der Waals surface area contributed by atoms with Crippen LogP contribution in [0.15, 0.2) is 40.9 Å². The van der Waals surface area contributed by atoms with E-state index in [1.165, 1.54) is 17.9 Å². The second-order valence-corrected chi connectivity index (χ2v) is 6.07. The SMILES string of the molecule is CC(=O)N(CC(=O)Nc1ccc(F)c(F)c1)c1ccc(C)c(Br)c1. The van der Waals surface area contributed by atoms with Crippen molar-refractivity contribution in [2.24, 2.45) is 0 Å². The van der Waals surface area contributed by atoms with Gasteiger partial charge in [-0.05, 0) is 36.8 Å². The van der Waals surface area contributed by atoms with Gasteiger partial charge in [0.1, 0.15) is 6.54 Å². The molecule has 24 heavy (non-hydrogen) atoms. The third-order valence-electron chi connectivity index (χ3n) is 3.35. The molecule has 0 aliphatic heterocycles. The Morgan fingerprint density at radius 2 is 1.83 bits per heavy atom. The number of nitrogens with one attached hydrogen (secondary N) is 1. The molecule has 0 unspecified atom stereocenters. The summed E-state index contributed by atoms with van der Waals surface area (Å²) in [6.45, 7) is 3.00. The Hall–Kier alpha value is -2.28. The molecule has 4 nitrogen and oxygen atoms in total. The van der Waals surface area contributed by atoms with Gasteiger partial charge in [-0.15, -0.1) is 0 Å². The Kier molecular flexibility index (Phi) is 5.66. The lowest BCUT2D eigenvalue weighted by Crippen LogP contribution is -2.36. The van der Waals surface area contributed by atoms with Gasteiger partial charge >= 0.3 is 0 Å². The lowest BCUT2D eigenvalue weighted by atomic mass is 10.2. The average Bonchev–Trinajstić information content (AvgIpc) is 2.51. The van der Waals surface area contributed by atoms with Crippen molar-refractivity contribution in [3.8, 4) is 0 Å². The number of aryl methyl sites for hydroxylation is 1. The topological polar surface area (TPSA) is 49.4 Å². The van der Waals surface area contributed by atoms with E-state index in [-0.39, 0.29) is 18.1 Å². The molecule has 7 heteroatoms. The molecule has 0 saturated heterocycles. The standard InChI is InChI=1S/C17H15BrF2N2O2/c1-10-3-5-13(8-14(10)18)22(11(2)23)9-17(24)21-12-4-6-15(19)16(20)7-12/h3-8H,9H2,1-2H3,(H,21,24). The quantitative estimate of drug-likeness (QED) is 0.847. The van der Waals surface area contributed by atoms with Gasteiger partial charge in [-0.3, -0.25) is 9.59 Å². The lowest BCUT2D eigenvalue weighted by Gasteiger charge is -2.21. The largest absolute Gasteiger partial charge is 0.324 e. The molecule has 2 aromatic rings. The third kappa shape index (κ3) is 4.38. The number of rotatable bonds is 4. The normalized spacial score (nSPS) is 10.4. The first-order chi connectivity index (χ1) is 11.3. The summed E-state index contributed by atoms with van der Waals surface area (Å²) in [5.41, 5.74) is 1.67. The highest BCUT2D eigenvalue weighted by Gasteiger charge is 2.17. The highest BCUT2D eigenvalue weighted by Crippen LogP contribution is 2.24. The summed E-state index contributed by atoms with van der Waals surface area (Å²) < 4.78 is 26.9. The number of hydrogen-bond acceptors (Lipinski definition) is 2. The molecule has 0 radical (unpaired) electrons. The summed E-state index contributed by atoms with van der Waals surface area (Å²) in [6.07, 6.45) is 0. The minimum atomic E-state index is -1.06. The molecule has 2 rings (SSSR count). The van der Waals surface area contributed by atoms with E-state index in [4.69, 9.17) is 0 Å². The summed E-state index contributed by atoms with van der Waals surface area (Å²) in [4.78, 5) is 25.3. The van der Waals surface area contributed by atoms with E-state index in [2.05, 4.69) is 21.2 Å². The van der Waals surface area contributed by atoms with Gasteiger partial charge in [0.15, 0.2) is 11.6 Å². The molecule has 0 heterocycles. The van der Waals surface area contributed by atoms with Crippen LogP contribution >= 0.6 is 15.9 Å². The van der Waals surface area contributed by atoms with Crippen LogP contribution in [0.5, 0.6) is 0 Å². The zero-order valence-corrected chi connectivity index (χ0v) is 14.7. The predicted octanol–water partition coefficient (Wildman–Crippen LogP) is 4.03. The fourth-order valence-electron chi connectivity index (χ4n) is 2.05. The summed E-state index contributed by atoms with van der Waals surface area (Å²) in [6, 6.07) is 8.34. The van der Waals surface area contributed by atoms with E-state index in [0.29, 0.717) is 5.69 Å². The number of nitrogens with zero attached hydrogens (tertiary/aromatic N) is 1. The van der Waals surface area contributed by atoms with Crippen LogP contribution in [0.25, 0.3) is 0 Å². The molecule has 0 bridgehead atoms. The smallest absolute Gasteiger partial charge is 0.244 e. The van der Waals surface area contributed by atoms with E-state index >= 15 is 0 Å². The van der Waals surface area contributed by atoms with Gasteiger partial charge in [-0.2, -0.15) is 0 Å². The van der Waals surface area contributed by atoms with Crippen molar-refractivity contribution in [3.05, 3.63) is 58.1 Å². The first-order valence-corrected chi connectivity index (χ1v) is 7.86. The van der Waals surface area contributed by atoms with E-state index in [0.717, 1.165) is 22.2 Å². The van der Waals surface area contributed by atoms with Gasteiger partial charge in [-0.1, -0.05) is 22.0 Å². The summed E-state index contributed by atoms with van der Waals surface area (Å²) in [5.74, 6) is -2.89. The third-order valence-corrected chi connectivity index (χ3v) is 4.21. The minimum Gasteiger partial charge on any atom is -0.324 e. The number of halogens is 3. The van der Waals surface area contributed by atoms with E-state index in [1.807, 2.05) is 13.0 Å². The van der Waals surface area contributed by atoms with Crippen molar-refractivity contribution in [2.45, 2.75) is 13.8 Å². The molecule has 2 aromatic carbocycles. The Morgan fingerprint density at radius 3 is 2.42 bits per heavy atom. The second kappa shape index (κ2) is 7.53. The summed E-state index contributed by atoms with van der Waals surface area (Å²) in [7, 11) is 0. The Bertz CT molecular complexity index is 796. The first kappa shape index (κ1) is 18.1. The van der Waals surface area contributed by atoms with E-state index in [1.54, 1.807) is 12.1 Å². The number of benzene rings is 2. The molecular formula is C17H15BrF2N2O2. The van der Waals surface area contributed by atoms with Crippen molar-refractivity contribution in [2.75, 3.05) is 16.8 Å². The summed E-state index contributed by atoms with van der Waals surface area (Å²) in [5, 5.41) is 2.44. The van der Waals surface area contributed by atoms with E-state index in [9.17, 15) is 18.4 Å². The fraction of sp³-hybridized carbons (Fsp3) is 0.176. The van der Waals surface area contributed by atoms with Gasteiger partial charge in [0.2, 0.25) is 11.8 Å². The van der Waals surface area contributed by atoms with Crippen molar-refractivity contribution < 1.29 is 18.4 Å². The van der Waals surface area contributed by atoms with Gasteiger partial charge < -0.3 is 10.2 Å². The van der Waals surface area contributed by atoms with Crippen molar-refractivity contribution in [3.63, 3.8) is 0 Å². The molecule has 0 saturated carbocycles. The number of hydrogen-bond donors (Lipinski definition) is 1. The fourth-order valence-corrected chi connectivity index (χ4v) is 2.42. The highest BCUT2D eigenvalue weighted by molar-refractivity contribution is 9.10. The number of carbonyl (C=O) groups excluding carboxylic acids is 2. The van der Waals surface area contributed by atoms with Crippen molar-refractivity contribution in [1.29, 1.82) is 0 Å². The number of anilines is 2. The van der Waals surface area contributed by atoms with Crippen LogP contribution in [-0.2, 0) is 9.59 Å². The van der Waals surface area contributed by atoms with Gasteiger partial charge in [0.25, 0.3) is 0 Å². The number of amides is 2. The molecule has 126 valence electrons. The zero-order valence-electron chi connectivity index (χ0n) is 13.1. The van der Waals surface area contributed by atoms with Gasteiger partial charge in [0, 0.05) is 28.8 Å². The van der Waals surface area contributed by atoms with Crippen LogP contribution in [0.3, 0.4) is 0 Å². The Labute approximate surface area is 146 Å². The zero-order chi connectivity index (χ0) is 17.9. The highest BCUT2D eigenvalue weighted by atomic mass is 79.9. The van der Waals surface area contributed by atoms with E-state index < -0.39 is 17.5 Å². The monoisotopic (exact) mass is 396 g/mol. The van der Waals surface area contributed by atoms with Crippen LogP contribution < -0.4 is 10.2 Å². The maximum Gasteiger partial charge on any atom is 0.244 e. The minimum absolute atomic E-state index is 0.118. The lowest BCUT2D eigenvalue weighted by molar-refractivity contribution is -0.120. The Balaban J connectivity index is 2.15. The van der Waals surface area contributed by atoms with Gasteiger partial charge in [0.05, 0.1) is 0 Å². The van der Waals surface area contributed by atoms with Crippen molar-refractivity contribution in [1.82, 2.24) is 0 Å². The molecule has 1 N–H and O–H groups in total. The second-order valence-electron chi connectivity index (χ2n) is 5.22. The van der Waals surface area contributed by atoms with Gasteiger partial charge in [-0.25, -0.2) is 8.78 Å². The van der Waals surface area contributed by atoms with Crippen LogP contribution in [0.2, 0.25) is 0 Å². The summed E-state index contributed by atoms with van der Waals surface area (Å²) >= 11 is 3.38. The van der Waals surface area contributed by atoms with Crippen LogP contribution in [-0.4, -0.2) is 18.4 Å². The molecule has 0 aliphatic rings. The molecule has 0 atom stereocenters. The maximum atomic E-state index is 13.2. The van der Waals surface area contributed by atoms with Crippen LogP contribution in [0, 0.1) is 18.6 Å². The molecular weight excluding hydrogens is 382 g/mol. The molecule has 0 fully saturated rings. The molecule has 2 amide bonds. The van der Waals surface area contributed by atoms with Crippen LogP contribution in [0.4, 0.5) is 20.2 Å². The molecule has 0 spiro atoms. The van der Waals surface area contributed by atoms with Crippen LogP contribution in [0.1, 0.15) is 12.5 Å².